The standard InChI is InChI=1S/C16H19BrN2O/c1-11(2)9-13(17)10-19-16(20)14-7-3-5-12-6-4-8-18-15(12)14/h3-8,11,13H,9-10H2,1-2H3,(H,19,20). The molecule has 2 aromatic rings. The second-order valence-corrected chi connectivity index (χ2v) is 6.61. The van der Waals surface area contributed by atoms with Gasteiger partial charge in [0.1, 0.15) is 0 Å². The summed E-state index contributed by atoms with van der Waals surface area (Å²) in [4.78, 5) is 16.9. The normalized spacial score (nSPS) is 12.6. The van der Waals surface area contributed by atoms with Gasteiger partial charge in [-0.2, -0.15) is 0 Å². The highest BCUT2D eigenvalue weighted by atomic mass is 79.9. The van der Waals surface area contributed by atoms with E-state index in [1.807, 2.05) is 30.3 Å². The summed E-state index contributed by atoms with van der Waals surface area (Å²) in [5.41, 5.74) is 1.38. The van der Waals surface area contributed by atoms with Crippen molar-refractivity contribution in [1.29, 1.82) is 0 Å². The van der Waals surface area contributed by atoms with Crippen LogP contribution in [0.25, 0.3) is 10.9 Å². The smallest absolute Gasteiger partial charge is 0.253 e. The lowest BCUT2D eigenvalue weighted by Gasteiger charge is -2.13. The summed E-state index contributed by atoms with van der Waals surface area (Å²) in [5, 5.41) is 3.95. The Kier molecular flexibility index (Phi) is 5.12. The van der Waals surface area contributed by atoms with Gasteiger partial charge < -0.3 is 5.32 Å². The van der Waals surface area contributed by atoms with Gasteiger partial charge in [-0.05, 0) is 24.5 Å². The van der Waals surface area contributed by atoms with Gasteiger partial charge >= 0.3 is 0 Å². The molecule has 1 aromatic carbocycles. The molecule has 20 heavy (non-hydrogen) atoms. The van der Waals surface area contributed by atoms with Gasteiger partial charge in [0.2, 0.25) is 0 Å². The largest absolute Gasteiger partial charge is 0.351 e. The van der Waals surface area contributed by atoms with Gasteiger partial charge in [0.25, 0.3) is 5.91 Å². The minimum atomic E-state index is -0.0671. The maximum atomic E-state index is 12.3. The third kappa shape index (κ3) is 3.79. The van der Waals surface area contributed by atoms with Gasteiger partial charge in [-0.15, -0.1) is 0 Å². The van der Waals surface area contributed by atoms with Crippen LogP contribution in [0, 0.1) is 5.92 Å². The van der Waals surface area contributed by atoms with Crippen molar-refractivity contribution in [3.63, 3.8) is 0 Å². The highest BCUT2D eigenvalue weighted by molar-refractivity contribution is 9.09. The number of aromatic nitrogens is 1. The minimum Gasteiger partial charge on any atom is -0.351 e. The summed E-state index contributed by atoms with van der Waals surface area (Å²) in [6.07, 6.45) is 2.75. The average Bonchev–Trinajstić information content (AvgIpc) is 2.43. The topological polar surface area (TPSA) is 42.0 Å². The molecule has 4 heteroatoms. The van der Waals surface area contributed by atoms with Gasteiger partial charge in [-0.1, -0.05) is 48.0 Å². The van der Waals surface area contributed by atoms with E-state index in [2.05, 4.69) is 40.1 Å². The Morgan fingerprint density at radius 3 is 2.80 bits per heavy atom. The predicted octanol–water partition coefficient (Wildman–Crippen LogP) is 3.77. The number of carbonyl (C=O) groups excluding carboxylic acids is 1. The van der Waals surface area contributed by atoms with Crippen LogP contribution in [-0.4, -0.2) is 22.3 Å². The first kappa shape index (κ1) is 15.0. The summed E-state index contributed by atoms with van der Waals surface area (Å²) < 4.78 is 0. The summed E-state index contributed by atoms with van der Waals surface area (Å²) in [5.74, 6) is 0.540. The average molecular weight is 335 g/mol. The highest BCUT2D eigenvalue weighted by Crippen LogP contribution is 2.16. The predicted molar refractivity (Wildman–Crippen MR) is 86.2 cm³/mol. The number of pyridine rings is 1. The zero-order valence-corrected chi connectivity index (χ0v) is 13.4. The molecular weight excluding hydrogens is 316 g/mol. The fourth-order valence-corrected chi connectivity index (χ4v) is 3.09. The molecule has 2 rings (SSSR count). The van der Waals surface area contributed by atoms with Crippen LogP contribution in [0.15, 0.2) is 36.5 Å². The van der Waals surface area contributed by atoms with E-state index in [9.17, 15) is 4.79 Å². The van der Waals surface area contributed by atoms with Crippen LogP contribution in [-0.2, 0) is 0 Å². The molecule has 0 spiro atoms. The van der Waals surface area contributed by atoms with E-state index < -0.39 is 0 Å². The first-order chi connectivity index (χ1) is 9.58. The van der Waals surface area contributed by atoms with Crippen LogP contribution in [0.4, 0.5) is 0 Å². The minimum absolute atomic E-state index is 0.0671. The van der Waals surface area contributed by atoms with Crippen molar-refractivity contribution in [2.24, 2.45) is 5.92 Å². The number of halogens is 1. The molecule has 106 valence electrons. The van der Waals surface area contributed by atoms with Crippen molar-refractivity contribution in [3.8, 4) is 0 Å². The second kappa shape index (κ2) is 6.84. The van der Waals surface area contributed by atoms with E-state index in [1.165, 1.54) is 0 Å². The molecule has 1 amide bonds. The van der Waals surface area contributed by atoms with Gasteiger partial charge in [0.15, 0.2) is 0 Å². The molecule has 0 aliphatic carbocycles. The molecule has 0 saturated carbocycles. The molecule has 1 atom stereocenters. The summed E-state index contributed by atoms with van der Waals surface area (Å²) in [7, 11) is 0. The lowest BCUT2D eigenvalue weighted by atomic mass is 10.1. The number of alkyl halides is 1. The first-order valence-electron chi connectivity index (χ1n) is 6.84. The van der Waals surface area contributed by atoms with Crippen molar-refractivity contribution in [2.75, 3.05) is 6.54 Å². The lowest BCUT2D eigenvalue weighted by molar-refractivity contribution is 0.0955. The van der Waals surface area contributed by atoms with E-state index in [4.69, 9.17) is 0 Å². The number of nitrogens with zero attached hydrogens (tertiary/aromatic N) is 1. The van der Waals surface area contributed by atoms with Crippen LogP contribution in [0.1, 0.15) is 30.6 Å². The van der Waals surface area contributed by atoms with Gasteiger partial charge in [-0.3, -0.25) is 9.78 Å². The quantitative estimate of drug-likeness (QED) is 0.845. The van der Waals surface area contributed by atoms with Crippen LogP contribution in [0.2, 0.25) is 0 Å². The Balaban J connectivity index is 2.08. The molecule has 3 nitrogen and oxygen atoms in total. The fraction of sp³-hybridized carbons (Fsp3) is 0.375. The van der Waals surface area contributed by atoms with Gasteiger partial charge in [0, 0.05) is 23.0 Å². The van der Waals surface area contributed by atoms with Crippen molar-refractivity contribution < 1.29 is 4.79 Å². The first-order valence-corrected chi connectivity index (χ1v) is 7.75. The fourth-order valence-electron chi connectivity index (χ4n) is 2.18. The maximum Gasteiger partial charge on any atom is 0.253 e. The lowest BCUT2D eigenvalue weighted by Crippen LogP contribution is -2.30. The zero-order valence-electron chi connectivity index (χ0n) is 11.8. The third-order valence-corrected chi connectivity index (χ3v) is 3.79. The molecule has 0 bridgehead atoms. The third-order valence-electron chi connectivity index (χ3n) is 3.09. The molecule has 1 heterocycles. The molecule has 0 radical (unpaired) electrons. The highest BCUT2D eigenvalue weighted by Gasteiger charge is 2.13. The maximum absolute atomic E-state index is 12.3. The van der Waals surface area contributed by atoms with E-state index in [1.54, 1.807) is 6.20 Å². The molecule has 0 fully saturated rings. The Morgan fingerprint density at radius 2 is 2.05 bits per heavy atom. The van der Waals surface area contributed by atoms with Crippen molar-refractivity contribution in [1.82, 2.24) is 10.3 Å². The molecule has 1 N–H and O–H groups in total. The molecule has 0 saturated heterocycles. The number of rotatable bonds is 5. The van der Waals surface area contributed by atoms with E-state index in [0.29, 0.717) is 22.9 Å². The van der Waals surface area contributed by atoms with E-state index in [-0.39, 0.29) is 5.91 Å². The number of para-hydroxylation sites is 1. The Labute approximate surface area is 127 Å². The van der Waals surface area contributed by atoms with Crippen LogP contribution >= 0.6 is 15.9 Å². The summed E-state index contributed by atoms with van der Waals surface area (Å²) in [6.45, 7) is 4.97. The monoisotopic (exact) mass is 334 g/mol. The van der Waals surface area contributed by atoms with Crippen LogP contribution < -0.4 is 5.32 Å². The summed E-state index contributed by atoms with van der Waals surface area (Å²) in [6, 6.07) is 9.51. The Bertz CT molecular complexity index is 593. The molecule has 1 unspecified atom stereocenters. The molecular formula is C16H19BrN2O. The number of hydrogen-bond acceptors (Lipinski definition) is 2. The molecule has 1 aromatic heterocycles. The molecule has 0 aliphatic heterocycles. The van der Waals surface area contributed by atoms with Crippen molar-refractivity contribution in [2.45, 2.75) is 25.1 Å². The number of amides is 1. The van der Waals surface area contributed by atoms with Crippen LogP contribution in [0.5, 0.6) is 0 Å². The van der Waals surface area contributed by atoms with Crippen LogP contribution in [0.3, 0.4) is 0 Å². The Morgan fingerprint density at radius 1 is 1.30 bits per heavy atom. The number of nitrogens with one attached hydrogen (secondary N) is 1. The number of hydrogen-bond donors (Lipinski definition) is 1. The van der Waals surface area contributed by atoms with Crippen molar-refractivity contribution in [3.05, 3.63) is 42.1 Å². The SMILES string of the molecule is CC(C)CC(Br)CNC(=O)c1cccc2cccnc12. The summed E-state index contributed by atoms with van der Waals surface area (Å²) >= 11 is 3.60. The number of fused-ring (bicyclic) bond motifs is 1. The van der Waals surface area contributed by atoms with E-state index >= 15 is 0 Å². The zero-order chi connectivity index (χ0) is 14.5. The Hall–Kier alpha value is -1.42. The second-order valence-electron chi connectivity index (χ2n) is 5.32. The number of benzene rings is 1. The molecule has 0 aliphatic rings. The van der Waals surface area contributed by atoms with Crippen molar-refractivity contribution >= 4 is 32.7 Å². The van der Waals surface area contributed by atoms with Gasteiger partial charge in [-0.25, -0.2) is 0 Å². The number of carbonyl (C=O) groups is 1. The van der Waals surface area contributed by atoms with E-state index in [0.717, 1.165) is 17.3 Å². The van der Waals surface area contributed by atoms with Gasteiger partial charge in [0.05, 0.1) is 11.1 Å².